The van der Waals surface area contributed by atoms with Gasteiger partial charge in [-0.25, -0.2) is 0 Å². The fraction of sp³-hybridized carbons (Fsp3) is 0.714. The third kappa shape index (κ3) is 51.0. The summed E-state index contributed by atoms with van der Waals surface area (Å²) in [5.74, 6) is -0.547. The molecule has 0 rings (SSSR count). The van der Waals surface area contributed by atoms with Gasteiger partial charge in [-0.2, -0.15) is 0 Å². The Bertz CT molecular complexity index is 1350. The molecule has 0 radical (unpaired) electrons. The van der Waals surface area contributed by atoms with Crippen LogP contribution in [0.4, 0.5) is 0 Å². The molecule has 0 bridgehead atoms. The number of unbranched alkanes of at least 4 members (excludes halogenated alkanes) is 25. The standard InChI is InChI=1S/C63H109NO5/c1-4-7-10-13-16-19-22-25-28-30-31-32-35-38-41-44-47-50-53-56-63(68)69-59(54-51-48-45-42-39-36-34-29-26-23-20-17-14-11-8-5-2)57-62(67)64-60(58-65)61(66)55-52-49-46-43-40-37-33-27-24-21-18-15-12-9-6-3/h7,10,16,19,23,25-26,28-29,31-32,34,36,38-39,41,59-61,65-66H,4-6,8-9,11-15,17-18,20-22,24,27,30,33,35,37,40,42-58H2,1-3H3,(H,64,67)/b10-7-,19-16-,26-23+,28-25-,32-31-,34-29+,39-36+,41-38-. The first kappa shape index (κ1) is 65.8. The zero-order valence-corrected chi connectivity index (χ0v) is 45.2. The minimum Gasteiger partial charge on any atom is -0.462 e. The van der Waals surface area contributed by atoms with Crippen molar-refractivity contribution in [3.63, 3.8) is 0 Å². The van der Waals surface area contributed by atoms with E-state index in [-0.39, 0.29) is 24.9 Å². The van der Waals surface area contributed by atoms with Crippen LogP contribution >= 0.6 is 0 Å². The molecule has 0 fully saturated rings. The van der Waals surface area contributed by atoms with Crippen molar-refractivity contribution >= 4 is 11.9 Å². The van der Waals surface area contributed by atoms with Gasteiger partial charge in [0.25, 0.3) is 0 Å². The molecule has 6 nitrogen and oxygen atoms in total. The van der Waals surface area contributed by atoms with Gasteiger partial charge in [-0.15, -0.1) is 0 Å². The van der Waals surface area contributed by atoms with E-state index in [9.17, 15) is 19.8 Å². The quantitative estimate of drug-likeness (QED) is 0.0244. The zero-order valence-electron chi connectivity index (χ0n) is 45.2. The number of hydrogen-bond acceptors (Lipinski definition) is 5. The molecule has 0 aliphatic carbocycles. The Labute approximate surface area is 426 Å². The van der Waals surface area contributed by atoms with Crippen LogP contribution < -0.4 is 5.32 Å². The smallest absolute Gasteiger partial charge is 0.306 e. The van der Waals surface area contributed by atoms with Crippen LogP contribution in [0.1, 0.15) is 265 Å². The van der Waals surface area contributed by atoms with E-state index in [1.807, 2.05) is 0 Å². The lowest BCUT2D eigenvalue weighted by molar-refractivity contribution is -0.151. The molecule has 0 heterocycles. The molecular formula is C63H109NO5. The third-order valence-corrected chi connectivity index (χ3v) is 12.7. The average molecular weight is 961 g/mol. The highest BCUT2D eigenvalue weighted by atomic mass is 16.5. The summed E-state index contributed by atoms with van der Waals surface area (Å²) in [5.41, 5.74) is 0. The maximum absolute atomic E-state index is 13.3. The Kier molecular flexibility index (Phi) is 53.1. The van der Waals surface area contributed by atoms with Crippen molar-refractivity contribution in [1.29, 1.82) is 0 Å². The van der Waals surface area contributed by atoms with E-state index < -0.39 is 18.2 Å². The second kappa shape index (κ2) is 55.7. The van der Waals surface area contributed by atoms with Gasteiger partial charge in [0, 0.05) is 6.42 Å². The predicted octanol–water partition coefficient (Wildman–Crippen LogP) is 18.1. The predicted molar refractivity (Wildman–Crippen MR) is 300 cm³/mol. The van der Waals surface area contributed by atoms with Gasteiger partial charge in [-0.3, -0.25) is 9.59 Å². The summed E-state index contributed by atoms with van der Waals surface area (Å²) in [7, 11) is 0. The molecular weight excluding hydrogens is 851 g/mol. The highest BCUT2D eigenvalue weighted by Crippen LogP contribution is 2.17. The monoisotopic (exact) mass is 960 g/mol. The maximum Gasteiger partial charge on any atom is 0.306 e. The first-order chi connectivity index (χ1) is 34.0. The minimum atomic E-state index is -0.809. The van der Waals surface area contributed by atoms with E-state index in [1.165, 1.54) is 109 Å². The van der Waals surface area contributed by atoms with Crippen LogP contribution in [0.15, 0.2) is 97.2 Å². The van der Waals surface area contributed by atoms with E-state index in [0.29, 0.717) is 19.3 Å². The fourth-order valence-electron chi connectivity index (χ4n) is 8.34. The van der Waals surface area contributed by atoms with Crippen LogP contribution in [0.5, 0.6) is 0 Å². The Morgan fingerprint density at radius 2 is 0.841 bits per heavy atom. The minimum absolute atomic E-state index is 0.0367. The van der Waals surface area contributed by atoms with Gasteiger partial charge in [0.1, 0.15) is 6.10 Å². The van der Waals surface area contributed by atoms with Gasteiger partial charge >= 0.3 is 5.97 Å². The van der Waals surface area contributed by atoms with E-state index in [4.69, 9.17) is 4.74 Å². The molecule has 3 atom stereocenters. The van der Waals surface area contributed by atoms with Crippen molar-refractivity contribution in [2.75, 3.05) is 6.61 Å². The molecule has 1 amide bonds. The summed E-state index contributed by atoms with van der Waals surface area (Å²) in [5, 5.41) is 23.9. The first-order valence-corrected chi connectivity index (χ1v) is 29.0. The van der Waals surface area contributed by atoms with Crippen LogP contribution in [0.2, 0.25) is 0 Å². The lowest BCUT2D eigenvalue weighted by Gasteiger charge is -2.24. The number of aliphatic hydroxyl groups is 2. The highest BCUT2D eigenvalue weighted by Gasteiger charge is 2.24. The molecule has 3 N–H and O–H groups in total. The molecule has 0 aliphatic heterocycles. The maximum atomic E-state index is 13.3. The molecule has 0 aromatic rings. The molecule has 3 unspecified atom stereocenters. The average Bonchev–Trinajstić information content (AvgIpc) is 3.34. The molecule has 6 heteroatoms. The molecule has 0 aliphatic rings. The lowest BCUT2D eigenvalue weighted by Crippen LogP contribution is -2.46. The summed E-state index contributed by atoms with van der Waals surface area (Å²) >= 11 is 0. The summed E-state index contributed by atoms with van der Waals surface area (Å²) in [6, 6.07) is -0.727. The number of carbonyl (C=O) groups is 2. The second-order valence-electron chi connectivity index (χ2n) is 19.4. The molecule has 396 valence electrons. The number of allylic oxidation sites excluding steroid dienone is 16. The Morgan fingerprint density at radius 3 is 1.32 bits per heavy atom. The van der Waals surface area contributed by atoms with Crippen molar-refractivity contribution in [1.82, 2.24) is 5.32 Å². The topological polar surface area (TPSA) is 95.9 Å². The Morgan fingerprint density at radius 1 is 0.449 bits per heavy atom. The third-order valence-electron chi connectivity index (χ3n) is 12.7. The van der Waals surface area contributed by atoms with Crippen LogP contribution in [-0.4, -0.2) is 46.9 Å². The van der Waals surface area contributed by atoms with Gasteiger partial charge < -0.3 is 20.3 Å². The van der Waals surface area contributed by atoms with E-state index in [2.05, 4.69) is 123 Å². The number of esters is 1. The van der Waals surface area contributed by atoms with Gasteiger partial charge in [0.15, 0.2) is 0 Å². The van der Waals surface area contributed by atoms with Crippen LogP contribution in [0.3, 0.4) is 0 Å². The number of nitrogens with one attached hydrogen (secondary N) is 1. The molecule has 0 aromatic carbocycles. The second-order valence-corrected chi connectivity index (χ2v) is 19.4. The molecule has 0 saturated heterocycles. The van der Waals surface area contributed by atoms with Gasteiger partial charge in [0.2, 0.25) is 5.91 Å². The van der Waals surface area contributed by atoms with Crippen molar-refractivity contribution in [2.45, 2.75) is 283 Å². The highest BCUT2D eigenvalue weighted by molar-refractivity contribution is 5.77. The van der Waals surface area contributed by atoms with Crippen molar-refractivity contribution < 1.29 is 24.5 Å². The number of ether oxygens (including phenoxy) is 1. The normalized spacial score (nSPS) is 13.9. The van der Waals surface area contributed by atoms with Crippen molar-refractivity contribution in [2.24, 2.45) is 0 Å². The van der Waals surface area contributed by atoms with E-state index in [0.717, 1.165) is 109 Å². The van der Waals surface area contributed by atoms with Crippen LogP contribution in [0.25, 0.3) is 0 Å². The molecule has 0 aromatic heterocycles. The number of aliphatic hydroxyl groups excluding tert-OH is 2. The number of hydrogen-bond donors (Lipinski definition) is 3. The Hall–Kier alpha value is -3.22. The van der Waals surface area contributed by atoms with Gasteiger partial charge in [-0.1, -0.05) is 253 Å². The van der Waals surface area contributed by atoms with Crippen LogP contribution in [0, 0.1) is 0 Å². The largest absolute Gasteiger partial charge is 0.462 e. The van der Waals surface area contributed by atoms with Crippen molar-refractivity contribution in [3.8, 4) is 0 Å². The molecule has 0 saturated carbocycles. The first-order valence-electron chi connectivity index (χ1n) is 29.0. The van der Waals surface area contributed by atoms with E-state index in [1.54, 1.807) is 0 Å². The summed E-state index contributed by atoms with van der Waals surface area (Å²) in [6.45, 7) is 6.35. The van der Waals surface area contributed by atoms with E-state index >= 15 is 0 Å². The van der Waals surface area contributed by atoms with Gasteiger partial charge in [-0.05, 0) is 96.3 Å². The number of carbonyl (C=O) groups excluding carboxylic acids is 2. The zero-order chi connectivity index (χ0) is 50.2. The fourth-order valence-corrected chi connectivity index (χ4v) is 8.34. The SMILES string of the molecule is CC/C=C\C/C=C\C/C=C\C/C=C\C/C=C\CCCCCC(=O)OC(CCCCC/C=C/C=C/C=C/CCCCCCC)CC(=O)NC(CO)C(O)CCCCCCCCCCCCCCCCC. The molecule has 0 spiro atoms. The van der Waals surface area contributed by atoms with Crippen LogP contribution in [-0.2, 0) is 14.3 Å². The number of rotatable bonds is 51. The van der Waals surface area contributed by atoms with Crippen molar-refractivity contribution in [3.05, 3.63) is 97.2 Å². The summed E-state index contributed by atoms with van der Waals surface area (Å²) < 4.78 is 5.93. The Balaban J connectivity index is 4.70. The lowest BCUT2D eigenvalue weighted by atomic mass is 10.0. The molecule has 69 heavy (non-hydrogen) atoms. The van der Waals surface area contributed by atoms with Gasteiger partial charge in [0.05, 0.1) is 25.2 Å². The summed E-state index contributed by atoms with van der Waals surface area (Å²) in [6.07, 6.45) is 74.7. The number of amides is 1. The summed E-state index contributed by atoms with van der Waals surface area (Å²) in [4.78, 5) is 26.3.